The molecule has 1 aromatic heterocycles. The zero-order valence-corrected chi connectivity index (χ0v) is 12.9. The Morgan fingerprint density at radius 1 is 1.12 bits per heavy atom. The van der Waals surface area contributed by atoms with Crippen molar-refractivity contribution in [2.45, 2.75) is 6.42 Å². The highest BCUT2D eigenvalue weighted by Crippen LogP contribution is 2.21. The molecule has 1 aliphatic heterocycles. The Bertz CT molecular complexity index is 960. The molecule has 5 heteroatoms. The molecular weight excluding hydrogens is 302 g/mol. The summed E-state index contributed by atoms with van der Waals surface area (Å²) in [7, 11) is 0. The van der Waals surface area contributed by atoms with Crippen LogP contribution in [-0.2, 0) is 6.42 Å². The van der Waals surface area contributed by atoms with E-state index in [-0.39, 0.29) is 11.8 Å². The molecule has 4 rings (SSSR count). The zero-order valence-electron chi connectivity index (χ0n) is 12.9. The Morgan fingerprint density at radius 2 is 2.00 bits per heavy atom. The van der Waals surface area contributed by atoms with Crippen LogP contribution in [0.4, 0.5) is 5.69 Å². The van der Waals surface area contributed by atoms with Gasteiger partial charge in [0.25, 0.3) is 11.8 Å². The van der Waals surface area contributed by atoms with E-state index in [4.69, 9.17) is 0 Å². The summed E-state index contributed by atoms with van der Waals surface area (Å²) in [4.78, 5) is 28.7. The van der Waals surface area contributed by atoms with Crippen LogP contribution in [0.3, 0.4) is 0 Å². The quantitative estimate of drug-likeness (QED) is 0.763. The van der Waals surface area contributed by atoms with Gasteiger partial charge < -0.3 is 10.6 Å². The number of nitrogens with zero attached hydrogens (tertiary/aromatic N) is 1. The first-order chi connectivity index (χ1) is 11.7. The average molecular weight is 317 g/mol. The van der Waals surface area contributed by atoms with Crippen molar-refractivity contribution in [3.05, 3.63) is 71.5 Å². The van der Waals surface area contributed by atoms with E-state index in [1.807, 2.05) is 42.5 Å². The van der Waals surface area contributed by atoms with Crippen molar-refractivity contribution in [3.63, 3.8) is 0 Å². The smallest absolute Gasteiger partial charge is 0.274 e. The van der Waals surface area contributed by atoms with Crippen LogP contribution in [0.1, 0.15) is 26.4 Å². The summed E-state index contributed by atoms with van der Waals surface area (Å²) >= 11 is 0. The van der Waals surface area contributed by atoms with Gasteiger partial charge in [-0.2, -0.15) is 0 Å². The zero-order chi connectivity index (χ0) is 16.5. The number of fused-ring (bicyclic) bond motifs is 2. The number of carbonyl (C=O) groups excluding carboxylic acids is 2. The van der Waals surface area contributed by atoms with Crippen molar-refractivity contribution in [2.75, 3.05) is 11.9 Å². The fraction of sp³-hybridized carbons (Fsp3) is 0.105. The topological polar surface area (TPSA) is 71.1 Å². The minimum Gasteiger partial charge on any atom is -0.352 e. The highest BCUT2D eigenvalue weighted by Gasteiger charge is 2.18. The molecule has 2 aromatic carbocycles. The van der Waals surface area contributed by atoms with Gasteiger partial charge in [0.05, 0.1) is 0 Å². The van der Waals surface area contributed by atoms with Crippen molar-refractivity contribution in [3.8, 4) is 0 Å². The van der Waals surface area contributed by atoms with Crippen molar-refractivity contribution in [1.29, 1.82) is 0 Å². The van der Waals surface area contributed by atoms with E-state index >= 15 is 0 Å². The van der Waals surface area contributed by atoms with Crippen LogP contribution < -0.4 is 10.6 Å². The molecule has 2 amide bonds. The second-order valence-corrected chi connectivity index (χ2v) is 5.71. The molecule has 0 bridgehead atoms. The lowest BCUT2D eigenvalue weighted by molar-refractivity contribution is 0.0944. The standard InChI is InChI=1S/C19H15N3O2/c23-18-16-11-14(6-5-13(16)8-10-21-18)22-19(24)17-15-4-2-1-3-12(15)7-9-20-17/h1-7,9,11H,8,10H2,(H,21,23)(H,22,24). The van der Waals surface area contributed by atoms with Crippen molar-refractivity contribution in [2.24, 2.45) is 0 Å². The van der Waals surface area contributed by atoms with Crippen molar-refractivity contribution < 1.29 is 9.59 Å². The van der Waals surface area contributed by atoms with Gasteiger partial charge in [-0.15, -0.1) is 0 Å². The van der Waals surface area contributed by atoms with Crippen LogP contribution in [0.2, 0.25) is 0 Å². The second kappa shape index (κ2) is 5.77. The fourth-order valence-corrected chi connectivity index (χ4v) is 2.98. The first-order valence-electron chi connectivity index (χ1n) is 7.78. The van der Waals surface area contributed by atoms with Crippen molar-refractivity contribution in [1.82, 2.24) is 10.3 Å². The summed E-state index contributed by atoms with van der Waals surface area (Å²) in [5.74, 6) is -0.390. The maximum atomic E-state index is 12.6. The molecule has 0 unspecified atom stereocenters. The van der Waals surface area contributed by atoms with Gasteiger partial charge in [-0.1, -0.05) is 30.3 Å². The molecule has 0 aliphatic carbocycles. The van der Waals surface area contributed by atoms with Crippen LogP contribution in [-0.4, -0.2) is 23.3 Å². The molecule has 0 fully saturated rings. The lowest BCUT2D eigenvalue weighted by Gasteiger charge is -2.17. The number of carbonyl (C=O) groups is 2. The van der Waals surface area contributed by atoms with Gasteiger partial charge in [-0.25, -0.2) is 0 Å². The predicted octanol–water partition coefficient (Wildman–Crippen LogP) is 2.77. The SMILES string of the molecule is O=C1NCCc2ccc(NC(=O)c3nccc4ccccc34)cc21. The summed E-state index contributed by atoms with van der Waals surface area (Å²) in [6.45, 7) is 0.650. The Balaban J connectivity index is 1.67. The summed E-state index contributed by atoms with van der Waals surface area (Å²) < 4.78 is 0. The fourth-order valence-electron chi connectivity index (χ4n) is 2.98. The number of rotatable bonds is 2. The molecule has 0 spiro atoms. The summed E-state index contributed by atoms with van der Waals surface area (Å²) in [6.07, 6.45) is 2.43. The van der Waals surface area contributed by atoms with Gasteiger partial charge in [-0.3, -0.25) is 14.6 Å². The molecule has 2 heterocycles. The third kappa shape index (κ3) is 2.50. The van der Waals surface area contributed by atoms with Crippen LogP contribution in [0.25, 0.3) is 10.8 Å². The third-order valence-corrected chi connectivity index (χ3v) is 4.18. The van der Waals surface area contributed by atoms with Crippen LogP contribution >= 0.6 is 0 Å². The maximum Gasteiger partial charge on any atom is 0.274 e. The molecule has 0 saturated carbocycles. The van der Waals surface area contributed by atoms with Gasteiger partial charge in [0, 0.05) is 29.4 Å². The second-order valence-electron chi connectivity index (χ2n) is 5.71. The number of nitrogens with one attached hydrogen (secondary N) is 2. The number of aromatic nitrogens is 1. The number of amides is 2. The molecule has 0 radical (unpaired) electrons. The molecule has 2 N–H and O–H groups in total. The average Bonchev–Trinajstić information content (AvgIpc) is 2.62. The molecule has 5 nitrogen and oxygen atoms in total. The highest BCUT2D eigenvalue weighted by atomic mass is 16.2. The minimum absolute atomic E-state index is 0.101. The summed E-state index contributed by atoms with van der Waals surface area (Å²) in [6, 6.07) is 14.9. The van der Waals surface area contributed by atoms with E-state index in [1.54, 1.807) is 12.3 Å². The van der Waals surface area contributed by atoms with E-state index in [1.165, 1.54) is 0 Å². The predicted molar refractivity (Wildman–Crippen MR) is 92.2 cm³/mol. The Morgan fingerprint density at radius 3 is 2.92 bits per heavy atom. The van der Waals surface area contributed by atoms with Crippen LogP contribution in [0, 0.1) is 0 Å². The highest BCUT2D eigenvalue weighted by molar-refractivity contribution is 6.11. The molecule has 1 aliphatic rings. The Kier molecular flexibility index (Phi) is 3.46. The lowest BCUT2D eigenvalue weighted by Crippen LogP contribution is -2.31. The van der Waals surface area contributed by atoms with E-state index < -0.39 is 0 Å². The van der Waals surface area contributed by atoms with E-state index in [2.05, 4.69) is 15.6 Å². The monoisotopic (exact) mass is 317 g/mol. The van der Waals surface area contributed by atoms with E-state index in [0.29, 0.717) is 23.5 Å². The first kappa shape index (κ1) is 14.4. The van der Waals surface area contributed by atoms with Crippen molar-refractivity contribution >= 4 is 28.3 Å². The Labute approximate surface area is 138 Å². The molecule has 118 valence electrons. The summed E-state index contributed by atoms with van der Waals surface area (Å²) in [5, 5.41) is 7.41. The third-order valence-electron chi connectivity index (χ3n) is 4.18. The molecule has 24 heavy (non-hydrogen) atoms. The Hall–Kier alpha value is -3.21. The minimum atomic E-state index is -0.289. The lowest BCUT2D eigenvalue weighted by atomic mass is 10.00. The van der Waals surface area contributed by atoms with Gasteiger partial charge in [0.2, 0.25) is 0 Å². The molecule has 3 aromatic rings. The molecular formula is C19H15N3O2. The normalized spacial score (nSPS) is 13.2. The molecule has 0 atom stereocenters. The van der Waals surface area contributed by atoms with Crippen LogP contribution in [0.15, 0.2) is 54.7 Å². The largest absolute Gasteiger partial charge is 0.352 e. The number of hydrogen-bond acceptors (Lipinski definition) is 3. The first-order valence-corrected chi connectivity index (χ1v) is 7.78. The number of hydrogen-bond donors (Lipinski definition) is 2. The van der Waals surface area contributed by atoms with Gasteiger partial charge in [0.1, 0.15) is 5.69 Å². The van der Waals surface area contributed by atoms with Gasteiger partial charge in [0.15, 0.2) is 0 Å². The van der Waals surface area contributed by atoms with E-state index in [0.717, 1.165) is 22.8 Å². The van der Waals surface area contributed by atoms with E-state index in [9.17, 15) is 9.59 Å². The number of benzene rings is 2. The van der Waals surface area contributed by atoms with Gasteiger partial charge >= 0.3 is 0 Å². The van der Waals surface area contributed by atoms with Gasteiger partial charge in [-0.05, 0) is 35.6 Å². The van der Waals surface area contributed by atoms with Crippen LogP contribution in [0.5, 0.6) is 0 Å². The maximum absolute atomic E-state index is 12.6. The molecule has 0 saturated heterocycles. The number of anilines is 1. The summed E-state index contributed by atoms with van der Waals surface area (Å²) in [5.41, 5.74) is 2.57. The number of pyridine rings is 1.